The molecule has 0 spiro atoms. The lowest BCUT2D eigenvalue weighted by atomic mass is 10.0. The van der Waals surface area contributed by atoms with E-state index in [1.807, 2.05) is 36.4 Å². The molecule has 0 radical (unpaired) electrons. The molecule has 0 bridgehead atoms. The van der Waals surface area contributed by atoms with Gasteiger partial charge >= 0.3 is 0 Å². The van der Waals surface area contributed by atoms with Crippen LogP contribution in [0, 0.1) is 0 Å². The van der Waals surface area contributed by atoms with Gasteiger partial charge in [-0.05, 0) is 41.1 Å². The van der Waals surface area contributed by atoms with E-state index in [4.69, 9.17) is 4.74 Å². The number of carbonyl (C=O) groups excluding carboxylic acids is 3. The highest BCUT2D eigenvalue weighted by Gasteiger charge is 2.16. The van der Waals surface area contributed by atoms with Gasteiger partial charge in [-0.2, -0.15) is 0 Å². The summed E-state index contributed by atoms with van der Waals surface area (Å²) >= 11 is 0. The van der Waals surface area contributed by atoms with Crippen LogP contribution in [0.5, 0.6) is 5.75 Å². The Bertz CT molecular complexity index is 1060. The lowest BCUT2D eigenvalue weighted by Gasteiger charge is -2.17. The zero-order chi connectivity index (χ0) is 21.5. The first-order valence-electron chi connectivity index (χ1n) is 9.66. The molecule has 6 heteroatoms. The van der Waals surface area contributed by atoms with E-state index >= 15 is 0 Å². The molecule has 0 heterocycles. The SMILES string of the molecule is COc1ccc(NC(=O)CN(C)C(=O)CCC(=O)c2ccc3ccccc3c2)cc1. The summed E-state index contributed by atoms with van der Waals surface area (Å²) in [7, 11) is 3.12. The van der Waals surface area contributed by atoms with Gasteiger partial charge in [-0.25, -0.2) is 0 Å². The molecule has 154 valence electrons. The Hall–Kier alpha value is -3.67. The number of anilines is 1. The number of nitrogens with zero attached hydrogens (tertiary/aromatic N) is 1. The van der Waals surface area contributed by atoms with Crippen LogP contribution in [0.25, 0.3) is 10.8 Å². The number of rotatable bonds is 8. The molecule has 0 saturated heterocycles. The summed E-state index contributed by atoms with van der Waals surface area (Å²) in [4.78, 5) is 38.3. The van der Waals surface area contributed by atoms with Gasteiger partial charge in [-0.1, -0.05) is 36.4 Å². The van der Waals surface area contributed by atoms with Gasteiger partial charge < -0.3 is 15.0 Å². The molecular formula is C24H24N2O4. The van der Waals surface area contributed by atoms with E-state index in [2.05, 4.69) is 5.32 Å². The Morgan fingerprint density at radius 2 is 1.60 bits per heavy atom. The minimum Gasteiger partial charge on any atom is -0.497 e. The first-order chi connectivity index (χ1) is 14.5. The number of hydrogen-bond acceptors (Lipinski definition) is 4. The van der Waals surface area contributed by atoms with Crippen molar-refractivity contribution in [2.45, 2.75) is 12.8 Å². The van der Waals surface area contributed by atoms with Gasteiger partial charge in [0.25, 0.3) is 0 Å². The van der Waals surface area contributed by atoms with Crippen LogP contribution in [-0.2, 0) is 9.59 Å². The third kappa shape index (κ3) is 5.44. The molecule has 3 aromatic carbocycles. The summed E-state index contributed by atoms with van der Waals surface area (Å²) in [5.41, 5.74) is 1.20. The predicted molar refractivity (Wildman–Crippen MR) is 117 cm³/mol. The summed E-state index contributed by atoms with van der Waals surface area (Å²) < 4.78 is 5.08. The van der Waals surface area contributed by atoms with Crippen molar-refractivity contribution in [3.8, 4) is 5.75 Å². The molecule has 0 fully saturated rings. The Morgan fingerprint density at radius 3 is 2.30 bits per heavy atom. The molecule has 6 nitrogen and oxygen atoms in total. The van der Waals surface area contributed by atoms with Crippen LogP contribution in [0.15, 0.2) is 66.7 Å². The largest absolute Gasteiger partial charge is 0.497 e. The standard InChI is InChI=1S/C24H24N2O4/c1-26(16-23(28)25-20-9-11-21(30-2)12-10-20)24(29)14-13-22(27)19-8-7-17-5-3-4-6-18(17)15-19/h3-12,15H,13-14,16H2,1-2H3,(H,25,28). The minimum atomic E-state index is -0.308. The maximum Gasteiger partial charge on any atom is 0.243 e. The van der Waals surface area contributed by atoms with Crippen LogP contribution in [-0.4, -0.2) is 43.2 Å². The first kappa shape index (κ1) is 21.0. The van der Waals surface area contributed by atoms with Crippen LogP contribution >= 0.6 is 0 Å². The average molecular weight is 404 g/mol. The zero-order valence-electron chi connectivity index (χ0n) is 17.1. The van der Waals surface area contributed by atoms with Crippen LogP contribution in [0.2, 0.25) is 0 Å². The highest BCUT2D eigenvalue weighted by molar-refractivity contribution is 6.01. The van der Waals surface area contributed by atoms with Gasteiger partial charge in [0, 0.05) is 31.1 Å². The second-order valence-electron chi connectivity index (χ2n) is 7.01. The van der Waals surface area contributed by atoms with Gasteiger partial charge in [0.05, 0.1) is 13.7 Å². The van der Waals surface area contributed by atoms with E-state index in [1.165, 1.54) is 4.90 Å². The molecule has 1 N–H and O–H groups in total. The fraction of sp³-hybridized carbons (Fsp3) is 0.208. The molecule has 3 rings (SSSR count). The monoisotopic (exact) mass is 404 g/mol. The van der Waals surface area contributed by atoms with Crippen molar-refractivity contribution in [2.24, 2.45) is 0 Å². The fourth-order valence-corrected chi connectivity index (χ4v) is 3.10. The maximum atomic E-state index is 12.5. The van der Waals surface area contributed by atoms with Gasteiger partial charge in [0.2, 0.25) is 11.8 Å². The number of ether oxygens (including phenoxy) is 1. The van der Waals surface area contributed by atoms with Crippen molar-refractivity contribution in [3.05, 3.63) is 72.3 Å². The molecule has 0 atom stereocenters. The van der Waals surface area contributed by atoms with E-state index in [1.54, 1.807) is 44.5 Å². The average Bonchev–Trinajstić information content (AvgIpc) is 2.77. The highest BCUT2D eigenvalue weighted by atomic mass is 16.5. The molecule has 0 unspecified atom stereocenters. The predicted octanol–water partition coefficient (Wildman–Crippen LogP) is 3.91. The van der Waals surface area contributed by atoms with Crippen molar-refractivity contribution in [1.29, 1.82) is 0 Å². The Morgan fingerprint density at radius 1 is 0.900 bits per heavy atom. The second-order valence-corrected chi connectivity index (χ2v) is 7.01. The fourth-order valence-electron chi connectivity index (χ4n) is 3.10. The number of hydrogen-bond donors (Lipinski definition) is 1. The maximum absolute atomic E-state index is 12.5. The molecule has 30 heavy (non-hydrogen) atoms. The van der Waals surface area contributed by atoms with Crippen molar-refractivity contribution in [1.82, 2.24) is 4.90 Å². The van der Waals surface area contributed by atoms with E-state index < -0.39 is 0 Å². The molecule has 0 aromatic heterocycles. The lowest BCUT2D eigenvalue weighted by molar-refractivity contribution is -0.133. The summed E-state index contributed by atoms with van der Waals surface area (Å²) in [5.74, 6) is 0.0347. The normalized spacial score (nSPS) is 10.5. The van der Waals surface area contributed by atoms with Crippen molar-refractivity contribution < 1.29 is 19.1 Å². The molecule has 0 saturated carbocycles. The van der Waals surface area contributed by atoms with Crippen LogP contribution < -0.4 is 10.1 Å². The summed E-state index contributed by atoms with van der Waals surface area (Å²) in [6.07, 6.45) is 0.152. The summed E-state index contributed by atoms with van der Waals surface area (Å²) in [6.45, 7) is -0.0883. The number of Topliss-reactive ketones (excluding diaryl/α,β-unsaturated/α-hetero) is 1. The summed E-state index contributed by atoms with van der Waals surface area (Å²) in [6, 6.07) is 20.3. The molecule has 0 aliphatic heterocycles. The smallest absolute Gasteiger partial charge is 0.243 e. The van der Waals surface area contributed by atoms with Crippen molar-refractivity contribution in [3.63, 3.8) is 0 Å². The van der Waals surface area contributed by atoms with Gasteiger partial charge in [0.1, 0.15) is 5.75 Å². The number of ketones is 1. The van der Waals surface area contributed by atoms with Gasteiger partial charge in [-0.15, -0.1) is 0 Å². The Labute approximate surface area is 175 Å². The quantitative estimate of drug-likeness (QED) is 0.578. The molecule has 0 aliphatic rings. The van der Waals surface area contributed by atoms with Crippen LogP contribution in [0.3, 0.4) is 0 Å². The number of likely N-dealkylation sites (N-methyl/N-ethyl adjacent to an activating group) is 1. The number of fused-ring (bicyclic) bond motifs is 1. The molecular weight excluding hydrogens is 380 g/mol. The van der Waals surface area contributed by atoms with E-state index in [-0.39, 0.29) is 37.0 Å². The molecule has 3 aromatic rings. The summed E-state index contributed by atoms with van der Waals surface area (Å²) in [5, 5.41) is 4.78. The third-order valence-corrected chi connectivity index (χ3v) is 4.82. The number of methoxy groups -OCH3 is 1. The number of benzene rings is 3. The Kier molecular flexibility index (Phi) is 6.80. The van der Waals surface area contributed by atoms with E-state index in [9.17, 15) is 14.4 Å². The van der Waals surface area contributed by atoms with Crippen LogP contribution in [0.1, 0.15) is 23.2 Å². The van der Waals surface area contributed by atoms with E-state index in [0.717, 1.165) is 10.8 Å². The number of nitrogens with one attached hydrogen (secondary N) is 1. The minimum absolute atomic E-state index is 0.0535. The molecule has 2 amide bonds. The highest BCUT2D eigenvalue weighted by Crippen LogP contribution is 2.17. The van der Waals surface area contributed by atoms with Gasteiger partial charge in [-0.3, -0.25) is 14.4 Å². The van der Waals surface area contributed by atoms with Gasteiger partial charge in [0.15, 0.2) is 5.78 Å². The zero-order valence-corrected chi connectivity index (χ0v) is 17.1. The lowest BCUT2D eigenvalue weighted by Crippen LogP contribution is -2.35. The second kappa shape index (κ2) is 9.69. The van der Waals surface area contributed by atoms with E-state index in [0.29, 0.717) is 17.0 Å². The number of amides is 2. The van der Waals surface area contributed by atoms with Crippen molar-refractivity contribution in [2.75, 3.05) is 26.0 Å². The first-order valence-corrected chi connectivity index (χ1v) is 9.66. The third-order valence-electron chi connectivity index (χ3n) is 4.82. The Balaban J connectivity index is 1.49. The topological polar surface area (TPSA) is 75.7 Å². The molecule has 0 aliphatic carbocycles. The number of carbonyl (C=O) groups is 3. The van der Waals surface area contributed by atoms with Crippen LogP contribution in [0.4, 0.5) is 5.69 Å². The van der Waals surface area contributed by atoms with Crippen molar-refractivity contribution >= 4 is 34.1 Å².